The van der Waals surface area contributed by atoms with Crippen LogP contribution >= 0.6 is 0 Å². The van der Waals surface area contributed by atoms with Gasteiger partial charge in [0.05, 0.1) is 0 Å². The molecule has 0 bridgehead atoms. The quantitative estimate of drug-likeness (QED) is 0.770. The van der Waals surface area contributed by atoms with Crippen LogP contribution in [0.2, 0.25) is 0 Å². The summed E-state index contributed by atoms with van der Waals surface area (Å²) in [5.74, 6) is 1.16. The van der Waals surface area contributed by atoms with Crippen LogP contribution in [0.3, 0.4) is 0 Å². The maximum absolute atomic E-state index is 9.03. The first kappa shape index (κ1) is 11.7. The van der Waals surface area contributed by atoms with Crippen LogP contribution in [0.25, 0.3) is 0 Å². The van der Waals surface area contributed by atoms with Gasteiger partial charge in [0, 0.05) is 31.6 Å². The molecule has 1 aromatic heterocycles. The van der Waals surface area contributed by atoms with Gasteiger partial charge in [-0.05, 0) is 43.4 Å². The van der Waals surface area contributed by atoms with Crippen LogP contribution in [0, 0.1) is 11.8 Å². The molecule has 1 saturated carbocycles. The van der Waals surface area contributed by atoms with Crippen molar-refractivity contribution in [2.75, 3.05) is 13.7 Å². The van der Waals surface area contributed by atoms with Crippen molar-refractivity contribution in [1.29, 1.82) is 0 Å². The van der Waals surface area contributed by atoms with Crippen LogP contribution in [0.1, 0.15) is 31.4 Å². The lowest BCUT2D eigenvalue weighted by Crippen LogP contribution is -2.17. The van der Waals surface area contributed by atoms with Gasteiger partial charge in [-0.1, -0.05) is 6.92 Å². The number of hydrogen-bond donors (Lipinski definition) is 2. The van der Waals surface area contributed by atoms with E-state index >= 15 is 0 Å². The van der Waals surface area contributed by atoms with Gasteiger partial charge in [-0.2, -0.15) is 0 Å². The van der Waals surface area contributed by atoms with E-state index in [9.17, 15) is 0 Å². The summed E-state index contributed by atoms with van der Waals surface area (Å²) in [6.45, 7) is 3.22. The highest BCUT2D eigenvalue weighted by Crippen LogP contribution is 2.40. The average molecular weight is 222 g/mol. The zero-order valence-corrected chi connectivity index (χ0v) is 10.2. The molecule has 1 aliphatic carbocycles. The number of nitrogens with zero attached hydrogens (tertiary/aromatic N) is 1. The monoisotopic (exact) mass is 222 g/mol. The third-order valence-corrected chi connectivity index (χ3v) is 3.37. The molecular weight excluding hydrogens is 200 g/mol. The van der Waals surface area contributed by atoms with E-state index in [1.807, 2.05) is 7.05 Å². The molecule has 2 atom stereocenters. The maximum atomic E-state index is 9.03. The van der Waals surface area contributed by atoms with Gasteiger partial charge in [0.15, 0.2) is 0 Å². The predicted octanol–water partition coefficient (Wildman–Crippen LogP) is 1.79. The van der Waals surface area contributed by atoms with Gasteiger partial charge >= 0.3 is 0 Å². The third-order valence-electron chi connectivity index (χ3n) is 3.37. The molecule has 1 fully saturated rings. The Morgan fingerprint density at radius 2 is 2.31 bits per heavy atom. The molecule has 1 aliphatic rings. The summed E-state index contributed by atoms with van der Waals surface area (Å²) in [5.41, 5.74) is 1.38. The molecular formula is C13H22N2O. The van der Waals surface area contributed by atoms with Crippen molar-refractivity contribution in [3.63, 3.8) is 0 Å². The molecule has 16 heavy (non-hydrogen) atoms. The zero-order chi connectivity index (χ0) is 11.5. The Kier molecular flexibility index (Phi) is 3.66. The summed E-state index contributed by atoms with van der Waals surface area (Å²) in [4.78, 5) is 0. The first-order chi connectivity index (χ1) is 7.74. The summed E-state index contributed by atoms with van der Waals surface area (Å²) in [6.07, 6.45) is 7.04. The maximum Gasteiger partial charge on any atom is 0.0473 e. The smallest absolute Gasteiger partial charge is 0.0473 e. The molecule has 1 aromatic rings. The first-order valence-electron chi connectivity index (χ1n) is 6.18. The first-order valence-corrected chi connectivity index (χ1v) is 6.18. The Labute approximate surface area is 97.5 Å². The molecule has 0 aromatic carbocycles. The molecule has 0 saturated heterocycles. The number of hydrogen-bond acceptors (Lipinski definition) is 2. The average Bonchev–Trinajstić information content (AvgIpc) is 3.01. The van der Waals surface area contributed by atoms with Crippen molar-refractivity contribution in [2.45, 2.75) is 32.4 Å². The van der Waals surface area contributed by atoms with Crippen molar-refractivity contribution >= 4 is 0 Å². The number of nitrogens with one attached hydrogen (secondary N) is 1. The SMILES string of the molecule is CNC(c1ccn(CC(C)CO)c1)C1CC1. The molecule has 3 nitrogen and oxygen atoms in total. The molecule has 2 rings (SSSR count). The molecule has 0 spiro atoms. The second-order valence-electron chi connectivity index (χ2n) is 5.03. The minimum atomic E-state index is 0.256. The molecule has 90 valence electrons. The van der Waals surface area contributed by atoms with Crippen molar-refractivity contribution in [3.8, 4) is 0 Å². The van der Waals surface area contributed by atoms with E-state index < -0.39 is 0 Å². The summed E-state index contributed by atoms with van der Waals surface area (Å²) in [6, 6.07) is 2.72. The summed E-state index contributed by atoms with van der Waals surface area (Å²) in [5, 5.41) is 12.4. The Bertz CT molecular complexity index is 330. The molecule has 0 aliphatic heterocycles. The highest BCUT2D eigenvalue weighted by Gasteiger charge is 2.31. The zero-order valence-electron chi connectivity index (χ0n) is 10.2. The Balaban J connectivity index is 2.00. The van der Waals surface area contributed by atoms with Crippen LogP contribution in [0.4, 0.5) is 0 Å². The Hall–Kier alpha value is -0.800. The van der Waals surface area contributed by atoms with Crippen LogP contribution < -0.4 is 5.32 Å². The summed E-state index contributed by atoms with van der Waals surface area (Å²) >= 11 is 0. The lowest BCUT2D eigenvalue weighted by Gasteiger charge is -2.13. The second kappa shape index (κ2) is 5.02. The largest absolute Gasteiger partial charge is 0.396 e. The van der Waals surface area contributed by atoms with E-state index in [2.05, 4.69) is 35.3 Å². The highest BCUT2D eigenvalue weighted by atomic mass is 16.3. The Morgan fingerprint density at radius 3 is 2.88 bits per heavy atom. The van der Waals surface area contributed by atoms with Crippen LogP contribution in [-0.4, -0.2) is 23.3 Å². The molecule has 2 N–H and O–H groups in total. The summed E-state index contributed by atoms with van der Waals surface area (Å²) in [7, 11) is 2.04. The van der Waals surface area contributed by atoms with Crippen LogP contribution in [0.5, 0.6) is 0 Å². The van der Waals surface area contributed by atoms with Crippen molar-refractivity contribution in [2.24, 2.45) is 11.8 Å². The van der Waals surface area contributed by atoms with E-state index in [0.29, 0.717) is 12.0 Å². The van der Waals surface area contributed by atoms with Crippen molar-refractivity contribution in [1.82, 2.24) is 9.88 Å². The number of rotatable bonds is 6. The summed E-state index contributed by atoms with van der Waals surface area (Å²) < 4.78 is 2.18. The molecule has 2 unspecified atom stereocenters. The molecule has 0 amide bonds. The predicted molar refractivity (Wildman–Crippen MR) is 65.2 cm³/mol. The van der Waals surface area contributed by atoms with Gasteiger partial charge in [-0.25, -0.2) is 0 Å². The highest BCUT2D eigenvalue weighted by molar-refractivity contribution is 5.18. The second-order valence-corrected chi connectivity index (χ2v) is 5.03. The van der Waals surface area contributed by atoms with E-state index in [1.165, 1.54) is 18.4 Å². The van der Waals surface area contributed by atoms with Gasteiger partial charge in [0.1, 0.15) is 0 Å². The lowest BCUT2D eigenvalue weighted by atomic mass is 10.1. The van der Waals surface area contributed by atoms with Crippen LogP contribution in [-0.2, 0) is 6.54 Å². The Morgan fingerprint density at radius 1 is 1.56 bits per heavy atom. The normalized spacial score (nSPS) is 19.7. The number of aromatic nitrogens is 1. The van der Waals surface area contributed by atoms with Gasteiger partial charge in [0.2, 0.25) is 0 Å². The number of aliphatic hydroxyl groups excluding tert-OH is 1. The van der Waals surface area contributed by atoms with E-state index in [-0.39, 0.29) is 6.61 Å². The minimum Gasteiger partial charge on any atom is -0.396 e. The van der Waals surface area contributed by atoms with Gasteiger partial charge in [-0.15, -0.1) is 0 Å². The van der Waals surface area contributed by atoms with E-state index in [1.54, 1.807) is 0 Å². The van der Waals surface area contributed by atoms with Crippen LogP contribution in [0.15, 0.2) is 18.5 Å². The van der Waals surface area contributed by atoms with Gasteiger partial charge in [0.25, 0.3) is 0 Å². The minimum absolute atomic E-state index is 0.256. The van der Waals surface area contributed by atoms with E-state index in [0.717, 1.165) is 12.5 Å². The van der Waals surface area contributed by atoms with Crippen molar-refractivity contribution < 1.29 is 5.11 Å². The fraction of sp³-hybridized carbons (Fsp3) is 0.692. The van der Waals surface area contributed by atoms with E-state index in [4.69, 9.17) is 5.11 Å². The fourth-order valence-electron chi connectivity index (χ4n) is 2.28. The third kappa shape index (κ3) is 2.66. The standard InChI is InChI=1S/C13H22N2O/c1-10(9-16)7-15-6-5-12(8-15)13(14-2)11-3-4-11/h5-6,8,10-11,13-14,16H,3-4,7,9H2,1-2H3. The molecule has 1 heterocycles. The van der Waals surface area contributed by atoms with Gasteiger partial charge in [-0.3, -0.25) is 0 Å². The van der Waals surface area contributed by atoms with Crippen molar-refractivity contribution in [3.05, 3.63) is 24.0 Å². The number of aliphatic hydroxyl groups is 1. The molecule has 3 heteroatoms. The topological polar surface area (TPSA) is 37.2 Å². The lowest BCUT2D eigenvalue weighted by molar-refractivity contribution is 0.223. The fourth-order valence-corrected chi connectivity index (χ4v) is 2.28. The van der Waals surface area contributed by atoms with Gasteiger partial charge < -0.3 is 15.0 Å². The molecule has 0 radical (unpaired) electrons.